The van der Waals surface area contributed by atoms with Crippen molar-refractivity contribution in [1.29, 1.82) is 0 Å². The van der Waals surface area contributed by atoms with Crippen molar-refractivity contribution < 1.29 is 14.6 Å². The molecule has 1 aliphatic rings. The Balaban J connectivity index is 2.01. The van der Waals surface area contributed by atoms with E-state index in [2.05, 4.69) is 10.3 Å². The minimum absolute atomic E-state index is 0.0897. The first-order chi connectivity index (χ1) is 11.4. The lowest BCUT2D eigenvalue weighted by Gasteiger charge is -2.25. The van der Waals surface area contributed by atoms with E-state index in [1.807, 2.05) is 0 Å². The number of aryl methyl sites for hydroxylation is 1. The fourth-order valence-corrected chi connectivity index (χ4v) is 2.32. The van der Waals surface area contributed by atoms with Gasteiger partial charge in [-0.1, -0.05) is 6.42 Å². The second-order valence-corrected chi connectivity index (χ2v) is 6.02. The number of aromatic hydroxyl groups is 1. The van der Waals surface area contributed by atoms with Crippen LogP contribution in [0.3, 0.4) is 0 Å². The number of nitrogens with zero attached hydrogens (tertiary/aromatic N) is 2. The van der Waals surface area contributed by atoms with Gasteiger partial charge >= 0.3 is 6.09 Å². The molecular formula is C16H25N5O3. The predicted molar refractivity (Wildman–Crippen MR) is 90.4 cm³/mol. The Morgan fingerprint density at radius 1 is 1.50 bits per heavy atom. The van der Waals surface area contributed by atoms with Crippen molar-refractivity contribution in [2.45, 2.75) is 26.2 Å². The van der Waals surface area contributed by atoms with Crippen molar-refractivity contribution in [3.8, 4) is 5.75 Å². The number of nitrogens with one attached hydrogen (secondary N) is 1. The van der Waals surface area contributed by atoms with Crippen molar-refractivity contribution >= 4 is 11.8 Å². The van der Waals surface area contributed by atoms with Gasteiger partial charge < -0.3 is 25.9 Å². The van der Waals surface area contributed by atoms with Crippen LogP contribution in [0.15, 0.2) is 17.8 Å². The van der Waals surface area contributed by atoms with E-state index in [1.165, 1.54) is 17.5 Å². The van der Waals surface area contributed by atoms with Gasteiger partial charge in [0, 0.05) is 7.05 Å². The molecular weight excluding hydrogens is 310 g/mol. The number of nitrogens with two attached hydrogens (primary N) is 2. The molecule has 8 heteroatoms. The molecule has 1 heterocycles. The van der Waals surface area contributed by atoms with E-state index in [0.717, 1.165) is 12.8 Å². The van der Waals surface area contributed by atoms with E-state index >= 15 is 0 Å². The van der Waals surface area contributed by atoms with Crippen molar-refractivity contribution in [2.75, 3.05) is 20.2 Å². The number of hydrogen-bond donors (Lipinski definition) is 4. The Hall–Kier alpha value is -2.48. The Kier molecular flexibility index (Phi) is 5.86. The van der Waals surface area contributed by atoms with Crippen LogP contribution in [0.1, 0.15) is 30.7 Å². The summed E-state index contributed by atoms with van der Waals surface area (Å²) in [5.41, 5.74) is 7.87. The molecule has 0 spiro atoms. The van der Waals surface area contributed by atoms with Crippen LogP contribution in [0.4, 0.5) is 4.79 Å². The highest BCUT2D eigenvalue weighted by Crippen LogP contribution is 2.26. The Morgan fingerprint density at radius 3 is 2.75 bits per heavy atom. The van der Waals surface area contributed by atoms with Gasteiger partial charge in [0.2, 0.25) is 0 Å². The molecule has 6 N–H and O–H groups in total. The van der Waals surface area contributed by atoms with E-state index in [0.29, 0.717) is 35.3 Å². The maximum absolute atomic E-state index is 11.8. The molecule has 1 aromatic heterocycles. The maximum atomic E-state index is 11.8. The maximum Gasteiger partial charge on any atom is 0.407 e. The molecule has 2 rings (SSSR count). The van der Waals surface area contributed by atoms with Crippen molar-refractivity contribution in [1.82, 2.24) is 15.3 Å². The molecule has 0 saturated heterocycles. The lowest BCUT2D eigenvalue weighted by molar-refractivity contribution is 0.104. The summed E-state index contributed by atoms with van der Waals surface area (Å²) in [5.74, 6) is 6.38. The molecule has 0 aromatic carbocycles. The molecule has 1 aromatic rings. The first-order valence-electron chi connectivity index (χ1n) is 7.93. The van der Waals surface area contributed by atoms with Crippen LogP contribution in [0.5, 0.6) is 5.75 Å². The highest BCUT2D eigenvalue weighted by atomic mass is 16.5. The average molecular weight is 335 g/mol. The number of rotatable bonds is 6. The van der Waals surface area contributed by atoms with E-state index in [1.54, 1.807) is 20.0 Å². The first kappa shape index (κ1) is 17.9. The Bertz CT molecular complexity index is 626. The molecule has 0 atom stereocenters. The summed E-state index contributed by atoms with van der Waals surface area (Å²) in [5, 5.41) is 13.5. The third-order valence-electron chi connectivity index (χ3n) is 4.15. The van der Waals surface area contributed by atoms with Crippen LogP contribution < -0.4 is 16.9 Å². The molecule has 1 amide bonds. The van der Waals surface area contributed by atoms with Gasteiger partial charge in [-0.15, -0.1) is 0 Å². The Labute approximate surface area is 141 Å². The summed E-state index contributed by atoms with van der Waals surface area (Å²) >= 11 is 0. The molecule has 0 aliphatic heterocycles. The minimum atomic E-state index is -0.496. The summed E-state index contributed by atoms with van der Waals surface area (Å²) < 4.78 is 5.17. The highest BCUT2D eigenvalue weighted by molar-refractivity contribution is 5.69. The number of ether oxygens (including phenoxy) is 1. The molecule has 8 nitrogen and oxygen atoms in total. The van der Waals surface area contributed by atoms with Gasteiger partial charge in [0.1, 0.15) is 5.75 Å². The predicted octanol–water partition coefficient (Wildman–Crippen LogP) is 1.05. The van der Waals surface area contributed by atoms with Crippen LogP contribution in [0.25, 0.3) is 5.70 Å². The van der Waals surface area contributed by atoms with E-state index < -0.39 is 6.09 Å². The average Bonchev–Trinajstić information content (AvgIpc) is 2.48. The van der Waals surface area contributed by atoms with Gasteiger partial charge in [0.05, 0.1) is 35.9 Å². The van der Waals surface area contributed by atoms with E-state index in [4.69, 9.17) is 16.3 Å². The van der Waals surface area contributed by atoms with Crippen LogP contribution in [-0.2, 0) is 4.74 Å². The third-order valence-corrected chi connectivity index (χ3v) is 4.15. The van der Waals surface area contributed by atoms with Crippen LogP contribution in [-0.4, -0.2) is 41.4 Å². The van der Waals surface area contributed by atoms with Crippen LogP contribution in [0, 0.1) is 12.8 Å². The highest BCUT2D eigenvalue weighted by Gasteiger charge is 2.19. The van der Waals surface area contributed by atoms with Gasteiger partial charge in [-0.2, -0.15) is 0 Å². The quantitative estimate of drug-likeness (QED) is 0.452. The van der Waals surface area contributed by atoms with Gasteiger partial charge in [-0.25, -0.2) is 15.6 Å². The summed E-state index contributed by atoms with van der Waals surface area (Å²) in [7, 11) is 1.62. The van der Waals surface area contributed by atoms with Crippen LogP contribution >= 0.6 is 0 Å². The lowest BCUT2D eigenvalue weighted by atomic mass is 9.86. The minimum Gasteiger partial charge on any atom is -0.506 e. The zero-order chi connectivity index (χ0) is 17.7. The molecule has 0 unspecified atom stereocenters. The van der Waals surface area contributed by atoms with Crippen LogP contribution in [0.2, 0.25) is 0 Å². The number of aromatic nitrogens is 1. The van der Waals surface area contributed by atoms with Crippen molar-refractivity contribution in [3.63, 3.8) is 0 Å². The topological polar surface area (TPSA) is 127 Å². The fraction of sp³-hybridized carbons (Fsp3) is 0.500. The first-order valence-corrected chi connectivity index (χ1v) is 7.93. The van der Waals surface area contributed by atoms with Gasteiger partial charge in [0.25, 0.3) is 0 Å². The monoisotopic (exact) mass is 335 g/mol. The van der Waals surface area contributed by atoms with Crippen molar-refractivity contribution in [3.05, 3.63) is 29.2 Å². The SMILES string of the molecule is Cc1nc(/C(N)=C(\CNC(=O)OCC2CCC2)N(C)N)ccc1O. The normalized spacial score (nSPS) is 15.3. The number of alkyl carbamates (subject to hydrolysis) is 1. The van der Waals surface area contributed by atoms with Gasteiger partial charge in [0.15, 0.2) is 0 Å². The largest absolute Gasteiger partial charge is 0.506 e. The smallest absolute Gasteiger partial charge is 0.407 e. The molecule has 0 radical (unpaired) electrons. The number of carbonyl (C=O) groups excluding carboxylic acids is 1. The molecule has 0 bridgehead atoms. The number of amides is 1. The number of hydrazine groups is 1. The fourth-order valence-electron chi connectivity index (χ4n) is 2.32. The summed E-state index contributed by atoms with van der Waals surface area (Å²) in [4.78, 5) is 16.0. The van der Waals surface area contributed by atoms with Crippen molar-refractivity contribution in [2.24, 2.45) is 17.5 Å². The second kappa shape index (κ2) is 7.87. The van der Waals surface area contributed by atoms with Gasteiger partial charge in [-0.3, -0.25) is 0 Å². The zero-order valence-corrected chi connectivity index (χ0v) is 14.1. The molecule has 24 heavy (non-hydrogen) atoms. The van der Waals surface area contributed by atoms with E-state index in [-0.39, 0.29) is 12.3 Å². The lowest BCUT2D eigenvalue weighted by Crippen LogP contribution is -2.37. The number of pyridine rings is 1. The summed E-state index contributed by atoms with van der Waals surface area (Å²) in [6.45, 7) is 2.23. The van der Waals surface area contributed by atoms with Gasteiger partial charge in [-0.05, 0) is 37.8 Å². The molecule has 1 fully saturated rings. The number of carbonyl (C=O) groups is 1. The molecule has 132 valence electrons. The van der Waals surface area contributed by atoms with E-state index in [9.17, 15) is 9.90 Å². The third kappa shape index (κ3) is 4.51. The Morgan fingerprint density at radius 2 is 2.21 bits per heavy atom. The standard InChI is InChI=1S/C16H25N5O3/c1-10-14(22)7-6-12(20-10)15(17)13(21(2)18)8-19-16(23)24-9-11-4-3-5-11/h6-7,11,22H,3-5,8-9,17-18H2,1-2H3,(H,19,23)/b15-13-. The number of likely N-dealkylation sites (N-methyl/N-ethyl adjacent to an activating group) is 1. The molecule has 1 saturated carbocycles. The number of hydrogen-bond acceptors (Lipinski definition) is 7. The second-order valence-electron chi connectivity index (χ2n) is 6.02. The zero-order valence-electron chi connectivity index (χ0n) is 14.1. The summed E-state index contributed by atoms with van der Waals surface area (Å²) in [6.07, 6.45) is 2.94. The summed E-state index contributed by atoms with van der Waals surface area (Å²) in [6, 6.07) is 3.11. The molecule has 1 aliphatic carbocycles.